The summed E-state index contributed by atoms with van der Waals surface area (Å²) in [7, 11) is 0. The Kier molecular flexibility index (Phi) is 5.14. The zero-order valence-corrected chi connectivity index (χ0v) is 10.5. The van der Waals surface area contributed by atoms with Crippen molar-refractivity contribution in [3.8, 4) is 6.07 Å². The second-order valence-corrected chi connectivity index (χ2v) is 4.83. The molecule has 1 rings (SSSR count). The first-order valence-electron chi connectivity index (χ1n) is 5.89. The predicted octanol–water partition coefficient (Wildman–Crippen LogP) is 2.04. The zero-order chi connectivity index (χ0) is 12.7. The van der Waals surface area contributed by atoms with Crippen LogP contribution >= 0.6 is 0 Å². The molecular weight excluding hydrogens is 212 g/mol. The first-order valence-corrected chi connectivity index (χ1v) is 5.89. The average Bonchev–Trinajstić information content (AvgIpc) is 2.31. The molecule has 1 unspecified atom stereocenters. The van der Waals surface area contributed by atoms with Crippen molar-refractivity contribution >= 4 is 0 Å². The highest BCUT2D eigenvalue weighted by Crippen LogP contribution is 2.15. The van der Waals surface area contributed by atoms with Crippen LogP contribution in [0, 0.1) is 11.3 Å². The van der Waals surface area contributed by atoms with Gasteiger partial charge in [0.25, 0.3) is 0 Å². The number of hydrogen-bond acceptors (Lipinski definition) is 3. The van der Waals surface area contributed by atoms with Crippen LogP contribution in [0.5, 0.6) is 0 Å². The molecule has 1 aromatic carbocycles. The van der Waals surface area contributed by atoms with Gasteiger partial charge in [0.2, 0.25) is 0 Å². The molecule has 2 N–H and O–H groups in total. The molecule has 0 saturated heterocycles. The Balaban J connectivity index is 2.58. The minimum absolute atomic E-state index is 0.140. The van der Waals surface area contributed by atoms with Crippen molar-refractivity contribution in [1.82, 2.24) is 5.32 Å². The number of nitrogens with one attached hydrogen (secondary N) is 1. The molecule has 1 aromatic rings. The molecule has 1 atom stereocenters. The molecule has 0 aliphatic rings. The Morgan fingerprint density at radius 1 is 1.35 bits per heavy atom. The van der Waals surface area contributed by atoms with Gasteiger partial charge in [-0.1, -0.05) is 30.3 Å². The lowest BCUT2D eigenvalue weighted by molar-refractivity contribution is 0.230. The third kappa shape index (κ3) is 4.56. The highest BCUT2D eigenvalue weighted by molar-refractivity contribution is 5.25. The summed E-state index contributed by atoms with van der Waals surface area (Å²) in [4.78, 5) is 0. The number of nitriles is 1. The van der Waals surface area contributed by atoms with Crippen molar-refractivity contribution < 1.29 is 5.11 Å². The number of aliphatic hydroxyl groups is 1. The number of nitrogens with zero attached hydrogens (tertiary/aromatic N) is 1. The predicted molar refractivity (Wildman–Crippen MR) is 68.6 cm³/mol. The maximum Gasteiger partial charge on any atom is 0.0837 e. The number of benzene rings is 1. The first kappa shape index (κ1) is 13.7. The Hall–Kier alpha value is -1.37. The number of rotatable bonds is 6. The van der Waals surface area contributed by atoms with E-state index in [0.29, 0.717) is 13.0 Å². The molecule has 3 nitrogen and oxygen atoms in total. The standard InChI is InChI=1S/C14H20N2O/c1-14(2,8-9-17)16-11-13(10-15)12-6-4-3-5-7-12/h3-7,13,16-17H,8-9,11H2,1-2H3. The highest BCUT2D eigenvalue weighted by Gasteiger charge is 2.19. The van der Waals surface area contributed by atoms with Gasteiger partial charge in [-0.05, 0) is 25.8 Å². The van der Waals surface area contributed by atoms with Crippen molar-refractivity contribution in [2.75, 3.05) is 13.2 Å². The molecular formula is C14H20N2O. The van der Waals surface area contributed by atoms with Crippen LogP contribution in [0.4, 0.5) is 0 Å². The lowest BCUT2D eigenvalue weighted by Gasteiger charge is -2.26. The molecule has 0 bridgehead atoms. The van der Waals surface area contributed by atoms with E-state index < -0.39 is 0 Å². The molecule has 92 valence electrons. The lowest BCUT2D eigenvalue weighted by Crippen LogP contribution is -2.42. The van der Waals surface area contributed by atoms with Gasteiger partial charge in [0.05, 0.1) is 12.0 Å². The summed E-state index contributed by atoms with van der Waals surface area (Å²) in [6, 6.07) is 12.1. The van der Waals surface area contributed by atoms with Crippen LogP contribution in [0.3, 0.4) is 0 Å². The summed E-state index contributed by atoms with van der Waals surface area (Å²) >= 11 is 0. The van der Waals surface area contributed by atoms with Gasteiger partial charge in [0, 0.05) is 18.7 Å². The highest BCUT2D eigenvalue weighted by atomic mass is 16.3. The molecule has 0 amide bonds. The smallest absolute Gasteiger partial charge is 0.0837 e. The molecule has 0 radical (unpaired) electrons. The largest absolute Gasteiger partial charge is 0.396 e. The van der Waals surface area contributed by atoms with E-state index in [1.165, 1.54) is 0 Å². The van der Waals surface area contributed by atoms with E-state index in [1.807, 2.05) is 44.2 Å². The van der Waals surface area contributed by atoms with Crippen molar-refractivity contribution in [1.29, 1.82) is 5.26 Å². The fourth-order valence-electron chi connectivity index (χ4n) is 1.67. The van der Waals surface area contributed by atoms with E-state index in [-0.39, 0.29) is 18.1 Å². The first-order chi connectivity index (χ1) is 8.09. The molecule has 0 saturated carbocycles. The fourth-order valence-corrected chi connectivity index (χ4v) is 1.67. The lowest BCUT2D eigenvalue weighted by atomic mass is 9.97. The Labute approximate surface area is 103 Å². The second-order valence-electron chi connectivity index (χ2n) is 4.83. The molecule has 0 aromatic heterocycles. The molecule has 0 spiro atoms. The Bertz CT molecular complexity index is 368. The maximum absolute atomic E-state index is 9.17. The fraction of sp³-hybridized carbons (Fsp3) is 0.500. The third-order valence-corrected chi connectivity index (χ3v) is 2.88. The molecule has 0 fully saturated rings. The van der Waals surface area contributed by atoms with Gasteiger partial charge in [-0.25, -0.2) is 0 Å². The Morgan fingerprint density at radius 3 is 2.53 bits per heavy atom. The second kappa shape index (κ2) is 6.39. The van der Waals surface area contributed by atoms with E-state index in [2.05, 4.69) is 11.4 Å². The summed E-state index contributed by atoms with van der Waals surface area (Å²) in [5.41, 5.74) is 0.890. The summed E-state index contributed by atoms with van der Waals surface area (Å²) in [6.07, 6.45) is 0.680. The quantitative estimate of drug-likeness (QED) is 0.789. The molecule has 0 aliphatic heterocycles. The van der Waals surface area contributed by atoms with Crippen molar-refractivity contribution in [3.05, 3.63) is 35.9 Å². The van der Waals surface area contributed by atoms with Gasteiger partial charge in [0.15, 0.2) is 0 Å². The van der Waals surface area contributed by atoms with Crippen LogP contribution < -0.4 is 5.32 Å². The number of aliphatic hydroxyl groups excluding tert-OH is 1. The Morgan fingerprint density at radius 2 is 2.00 bits per heavy atom. The average molecular weight is 232 g/mol. The van der Waals surface area contributed by atoms with E-state index >= 15 is 0 Å². The maximum atomic E-state index is 9.17. The van der Waals surface area contributed by atoms with Crippen LogP contribution in [-0.2, 0) is 0 Å². The van der Waals surface area contributed by atoms with Crippen LogP contribution in [0.1, 0.15) is 31.7 Å². The van der Waals surface area contributed by atoms with Gasteiger partial charge < -0.3 is 10.4 Å². The van der Waals surface area contributed by atoms with E-state index in [1.54, 1.807) is 0 Å². The van der Waals surface area contributed by atoms with Gasteiger partial charge in [0.1, 0.15) is 0 Å². The van der Waals surface area contributed by atoms with Gasteiger partial charge in [-0.3, -0.25) is 0 Å². The van der Waals surface area contributed by atoms with Crippen LogP contribution in [0.2, 0.25) is 0 Å². The van der Waals surface area contributed by atoms with E-state index in [0.717, 1.165) is 5.56 Å². The molecule has 17 heavy (non-hydrogen) atoms. The molecule has 0 heterocycles. The minimum atomic E-state index is -0.144. The van der Waals surface area contributed by atoms with E-state index in [4.69, 9.17) is 10.4 Å². The van der Waals surface area contributed by atoms with Crippen LogP contribution in [-0.4, -0.2) is 23.8 Å². The van der Waals surface area contributed by atoms with Gasteiger partial charge >= 0.3 is 0 Å². The number of hydrogen-bond donors (Lipinski definition) is 2. The van der Waals surface area contributed by atoms with Crippen molar-refractivity contribution in [3.63, 3.8) is 0 Å². The third-order valence-electron chi connectivity index (χ3n) is 2.88. The normalized spacial score (nSPS) is 13.1. The molecule has 3 heteroatoms. The topological polar surface area (TPSA) is 56.0 Å². The van der Waals surface area contributed by atoms with Crippen molar-refractivity contribution in [2.24, 2.45) is 0 Å². The summed E-state index contributed by atoms with van der Waals surface area (Å²) in [5.74, 6) is -0.144. The van der Waals surface area contributed by atoms with E-state index in [9.17, 15) is 0 Å². The summed E-state index contributed by atoms with van der Waals surface area (Å²) < 4.78 is 0. The minimum Gasteiger partial charge on any atom is -0.396 e. The van der Waals surface area contributed by atoms with Gasteiger partial charge in [-0.15, -0.1) is 0 Å². The summed E-state index contributed by atoms with van der Waals surface area (Å²) in [6.45, 7) is 4.82. The monoisotopic (exact) mass is 232 g/mol. The van der Waals surface area contributed by atoms with Gasteiger partial charge in [-0.2, -0.15) is 5.26 Å². The van der Waals surface area contributed by atoms with Crippen LogP contribution in [0.15, 0.2) is 30.3 Å². The SMILES string of the molecule is CC(C)(CCO)NCC(C#N)c1ccccc1. The van der Waals surface area contributed by atoms with Crippen molar-refractivity contribution in [2.45, 2.75) is 31.7 Å². The molecule has 0 aliphatic carbocycles. The summed E-state index contributed by atoms with van der Waals surface area (Å²) in [5, 5.41) is 21.4. The van der Waals surface area contributed by atoms with Crippen LogP contribution in [0.25, 0.3) is 0 Å². The zero-order valence-electron chi connectivity index (χ0n) is 10.5.